The van der Waals surface area contributed by atoms with Crippen LogP contribution in [0.25, 0.3) is 0 Å². The zero-order valence-electron chi connectivity index (χ0n) is 11.4. The molecular weight excluding hydrogens is 410 g/mol. The van der Waals surface area contributed by atoms with E-state index in [0.29, 0.717) is 0 Å². The normalized spacial score (nSPS) is 6.35. The Morgan fingerprint density at radius 3 is 0.913 bits per heavy atom. The van der Waals surface area contributed by atoms with Gasteiger partial charge >= 0.3 is 76.7 Å². The molecule has 0 saturated carbocycles. The molecule has 0 aliphatic carbocycles. The van der Waals surface area contributed by atoms with E-state index in [1.807, 2.05) is 60.7 Å². The van der Waals surface area contributed by atoms with Crippen LogP contribution < -0.4 is 0 Å². The van der Waals surface area contributed by atoms with Crippen LogP contribution in [0.15, 0.2) is 60.7 Å². The van der Waals surface area contributed by atoms with Crippen LogP contribution in [0.1, 0.15) is 0 Å². The Morgan fingerprint density at radius 2 is 0.870 bits per heavy atom. The number of hydrogen-bond acceptors (Lipinski definition) is 4. The van der Waals surface area contributed by atoms with E-state index in [2.05, 4.69) is 0 Å². The average molecular weight is 420 g/mol. The SMILES string of the molecule is F[Si]F.O=[C]=[Fe]=[C]=O.O=[C]=[Fe]=[C]=O.c1cc[cH-]c1.c1cc[cH-]c1. The molecule has 0 N–H and O–H groups in total. The summed E-state index contributed by atoms with van der Waals surface area (Å²) in [6, 6.07) is 20.0. The van der Waals surface area contributed by atoms with Gasteiger partial charge in [-0.1, -0.05) is 0 Å². The van der Waals surface area contributed by atoms with Crippen molar-refractivity contribution in [2.45, 2.75) is 0 Å². The van der Waals surface area contributed by atoms with Crippen LogP contribution in [0.4, 0.5) is 8.22 Å². The van der Waals surface area contributed by atoms with Gasteiger partial charge in [0.1, 0.15) is 0 Å². The third kappa shape index (κ3) is 45.0. The Morgan fingerprint density at radius 1 is 0.652 bits per heavy atom. The molecular formula is C14H10F2Fe2O4Si-2. The fourth-order valence-electron chi connectivity index (χ4n) is 0.671. The molecule has 2 rings (SSSR count). The van der Waals surface area contributed by atoms with Crippen molar-refractivity contribution >= 4 is 29.3 Å². The second-order valence-electron chi connectivity index (χ2n) is 2.46. The van der Waals surface area contributed by atoms with E-state index in [1.165, 1.54) is 19.1 Å². The largest absolute Gasteiger partial charge is 0.214 e. The fourth-order valence-corrected chi connectivity index (χ4v) is 0.763. The van der Waals surface area contributed by atoms with Gasteiger partial charge in [-0.3, -0.25) is 8.22 Å². The molecule has 126 valence electrons. The molecule has 2 aromatic carbocycles. The molecule has 9 heteroatoms. The average Bonchev–Trinajstić information content (AvgIpc) is 3.29. The molecule has 0 unspecified atom stereocenters. The molecule has 0 amide bonds. The first kappa shape index (κ1) is 26.1. The molecule has 0 saturated heterocycles. The van der Waals surface area contributed by atoms with Crippen molar-refractivity contribution in [2.75, 3.05) is 0 Å². The van der Waals surface area contributed by atoms with Gasteiger partial charge in [-0.25, -0.2) is 24.3 Å². The molecule has 0 aliphatic rings. The van der Waals surface area contributed by atoms with Crippen LogP contribution in [-0.2, 0) is 47.3 Å². The summed E-state index contributed by atoms with van der Waals surface area (Å²) in [6.07, 6.45) is 0. The van der Waals surface area contributed by atoms with Crippen molar-refractivity contribution in [1.29, 1.82) is 0 Å². The van der Waals surface area contributed by atoms with E-state index in [9.17, 15) is 8.22 Å². The number of halogens is 2. The Balaban J connectivity index is -0.000000220. The summed E-state index contributed by atoms with van der Waals surface area (Å²) in [6.45, 7) is 0. The van der Waals surface area contributed by atoms with E-state index in [0.717, 1.165) is 0 Å². The van der Waals surface area contributed by atoms with Gasteiger partial charge in [-0.05, 0) is 0 Å². The first-order valence-electron chi connectivity index (χ1n) is 5.23. The van der Waals surface area contributed by atoms with E-state index in [4.69, 9.17) is 19.2 Å². The van der Waals surface area contributed by atoms with Gasteiger partial charge in [0, 0.05) is 0 Å². The molecule has 0 aromatic heterocycles. The van der Waals surface area contributed by atoms with E-state index >= 15 is 0 Å². The van der Waals surface area contributed by atoms with Crippen molar-refractivity contribution in [1.82, 2.24) is 0 Å². The van der Waals surface area contributed by atoms with Crippen molar-refractivity contribution in [3.05, 3.63) is 60.7 Å². The third-order valence-electron chi connectivity index (χ3n) is 1.26. The summed E-state index contributed by atoms with van der Waals surface area (Å²) in [5, 5.41) is 0. The van der Waals surface area contributed by atoms with E-state index < -0.39 is 10.2 Å². The van der Waals surface area contributed by atoms with Gasteiger partial charge in [-0.15, -0.1) is 0 Å². The molecule has 0 atom stereocenters. The molecule has 2 aromatic rings. The maximum absolute atomic E-state index is 9.65. The summed E-state index contributed by atoms with van der Waals surface area (Å²) in [5.41, 5.74) is 0. The molecule has 0 fully saturated rings. The van der Waals surface area contributed by atoms with Gasteiger partial charge in [0.15, 0.2) is 0 Å². The number of hydrogen-bond donors (Lipinski definition) is 0. The Kier molecular flexibility index (Phi) is 36.5. The molecule has 0 aliphatic heterocycles. The molecule has 2 radical (unpaired) electrons. The minimum atomic E-state index is -1.92. The van der Waals surface area contributed by atoms with Gasteiger partial charge in [0.2, 0.25) is 0 Å². The molecule has 0 bridgehead atoms. The van der Waals surface area contributed by atoms with Crippen molar-refractivity contribution < 1.29 is 55.6 Å². The summed E-state index contributed by atoms with van der Waals surface area (Å²) in [4.78, 5) is 41.4. The van der Waals surface area contributed by atoms with E-state index in [-0.39, 0.29) is 28.2 Å². The van der Waals surface area contributed by atoms with Crippen LogP contribution in [0.3, 0.4) is 0 Å². The summed E-state index contributed by atoms with van der Waals surface area (Å²) >= 11 is -0.444. The first-order valence-corrected chi connectivity index (χ1v) is 8.20. The number of rotatable bonds is 0. The maximum atomic E-state index is 9.65. The molecule has 0 heterocycles. The van der Waals surface area contributed by atoms with Gasteiger partial charge < -0.3 is 0 Å². The minimum absolute atomic E-state index is 0.222. The zero-order valence-corrected chi connectivity index (χ0v) is 14.6. The Labute approximate surface area is 145 Å². The topological polar surface area (TPSA) is 68.3 Å². The third-order valence-corrected chi connectivity index (χ3v) is 1.71. The first-order chi connectivity index (χ1) is 11.2. The minimum Gasteiger partial charge on any atom is -0.214 e. The quantitative estimate of drug-likeness (QED) is 0.370. The summed E-state index contributed by atoms with van der Waals surface area (Å²) < 4.78 is 19.3. The van der Waals surface area contributed by atoms with Crippen molar-refractivity contribution in [3.8, 4) is 0 Å². The zero-order chi connectivity index (χ0) is 18.0. The Bertz CT molecular complexity index is 524. The molecule has 0 spiro atoms. The van der Waals surface area contributed by atoms with Gasteiger partial charge in [0.25, 0.3) is 0 Å². The van der Waals surface area contributed by atoms with Crippen LogP contribution in [-0.4, -0.2) is 29.3 Å². The van der Waals surface area contributed by atoms with Gasteiger partial charge in [0.05, 0.1) is 0 Å². The number of carbonyl (C=O) groups excluding carboxylic acids is 4. The predicted octanol–water partition coefficient (Wildman–Crippen LogP) is 1.68. The fraction of sp³-hybridized carbons (Fsp3) is 0. The summed E-state index contributed by atoms with van der Waals surface area (Å²) in [7, 11) is -1.92. The smallest absolute Gasteiger partial charge is 0.172 e. The van der Waals surface area contributed by atoms with Crippen LogP contribution >= 0.6 is 0 Å². The van der Waals surface area contributed by atoms with E-state index in [1.54, 1.807) is 0 Å². The predicted molar refractivity (Wildman–Crippen MR) is 74.8 cm³/mol. The molecule has 4 nitrogen and oxygen atoms in total. The maximum Gasteiger partial charge on any atom is -0.172 e. The molecule has 23 heavy (non-hydrogen) atoms. The second kappa shape index (κ2) is 32.2. The van der Waals surface area contributed by atoms with Crippen molar-refractivity contribution in [3.63, 3.8) is 0 Å². The second-order valence-corrected chi connectivity index (χ2v) is 4.06. The monoisotopic (exact) mass is 420 g/mol. The van der Waals surface area contributed by atoms with Crippen LogP contribution in [0.5, 0.6) is 0 Å². The Hall–Kier alpha value is -1.86. The van der Waals surface area contributed by atoms with Crippen molar-refractivity contribution in [2.24, 2.45) is 0 Å². The standard InChI is InChI=1S/2C5H5.4CO.F2Si.2Fe/c2*1-2-4-5-3-1;4*1-2;1-3-2;;/h2*1-5H;;;;;;;/q2*-1;;;;;;;. The van der Waals surface area contributed by atoms with Crippen LogP contribution in [0.2, 0.25) is 0 Å². The summed E-state index contributed by atoms with van der Waals surface area (Å²) in [5.74, 6) is 0. The van der Waals surface area contributed by atoms with Gasteiger partial charge in [-0.2, -0.15) is 36.4 Å². The van der Waals surface area contributed by atoms with Crippen LogP contribution in [0, 0.1) is 0 Å².